The van der Waals surface area contributed by atoms with E-state index in [2.05, 4.69) is 5.32 Å². The Morgan fingerprint density at radius 3 is 2.44 bits per heavy atom. The molecule has 0 spiro atoms. The summed E-state index contributed by atoms with van der Waals surface area (Å²) in [5.41, 5.74) is 1.67. The third kappa shape index (κ3) is 3.24. The van der Waals surface area contributed by atoms with Crippen LogP contribution >= 0.6 is 46.4 Å². The summed E-state index contributed by atoms with van der Waals surface area (Å²) < 4.78 is 0. The van der Waals surface area contributed by atoms with Crippen LogP contribution in [-0.2, 0) is 6.54 Å². The van der Waals surface area contributed by atoms with Gasteiger partial charge in [-0.3, -0.25) is 0 Å². The molecule has 0 aliphatic carbocycles. The van der Waals surface area contributed by atoms with E-state index in [1.54, 1.807) is 24.3 Å². The van der Waals surface area contributed by atoms with Gasteiger partial charge in [-0.15, -0.1) is 0 Å². The van der Waals surface area contributed by atoms with Crippen molar-refractivity contribution in [1.82, 2.24) is 0 Å². The molecule has 0 radical (unpaired) electrons. The number of nitrogens with one attached hydrogen (secondary N) is 1. The van der Waals surface area contributed by atoms with E-state index in [-0.39, 0.29) is 0 Å². The van der Waals surface area contributed by atoms with Gasteiger partial charge in [-0.2, -0.15) is 0 Å². The van der Waals surface area contributed by atoms with Crippen molar-refractivity contribution in [2.75, 3.05) is 5.32 Å². The van der Waals surface area contributed by atoms with Gasteiger partial charge < -0.3 is 5.32 Å². The monoisotopic (exact) mass is 319 g/mol. The molecule has 0 bridgehead atoms. The maximum Gasteiger partial charge on any atom is 0.0642 e. The Balaban J connectivity index is 2.16. The zero-order valence-electron chi connectivity index (χ0n) is 9.18. The van der Waals surface area contributed by atoms with E-state index in [0.717, 1.165) is 11.3 Å². The van der Waals surface area contributed by atoms with E-state index >= 15 is 0 Å². The van der Waals surface area contributed by atoms with Crippen molar-refractivity contribution in [3.63, 3.8) is 0 Å². The minimum Gasteiger partial charge on any atom is -0.380 e. The fourth-order valence-corrected chi connectivity index (χ4v) is 2.25. The molecule has 0 fully saturated rings. The largest absolute Gasteiger partial charge is 0.380 e. The molecule has 0 aromatic heterocycles. The van der Waals surface area contributed by atoms with Crippen molar-refractivity contribution in [2.45, 2.75) is 6.54 Å². The molecule has 0 amide bonds. The van der Waals surface area contributed by atoms with Crippen molar-refractivity contribution >= 4 is 52.1 Å². The molecule has 2 aromatic rings. The second kappa shape index (κ2) is 6.03. The molecule has 5 heteroatoms. The molecule has 1 nitrogen and oxygen atoms in total. The lowest BCUT2D eigenvalue weighted by atomic mass is 10.2. The van der Waals surface area contributed by atoms with Gasteiger partial charge in [-0.05, 0) is 29.8 Å². The predicted octanol–water partition coefficient (Wildman–Crippen LogP) is 5.91. The third-order valence-electron chi connectivity index (χ3n) is 2.43. The second-order valence-corrected chi connectivity index (χ2v) is 5.32. The van der Waals surface area contributed by atoms with Crippen LogP contribution in [0.5, 0.6) is 0 Å². The molecule has 0 aliphatic rings. The SMILES string of the molecule is Clc1ccc(Cl)c(NCc2cccc(Cl)c2Cl)c1. The van der Waals surface area contributed by atoms with Crippen LogP contribution in [0, 0.1) is 0 Å². The standard InChI is InChI=1S/C13H9Cl4N/c14-9-4-5-10(15)12(6-9)18-7-8-2-1-3-11(16)13(8)17/h1-6,18H,7H2. The molecule has 0 saturated heterocycles. The molecule has 0 aliphatic heterocycles. The second-order valence-electron chi connectivity index (χ2n) is 3.69. The number of hydrogen-bond acceptors (Lipinski definition) is 1. The molecule has 2 rings (SSSR count). The van der Waals surface area contributed by atoms with Gasteiger partial charge in [-0.25, -0.2) is 0 Å². The molecule has 0 heterocycles. The molecular weight excluding hydrogens is 312 g/mol. The topological polar surface area (TPSA) is 12.0 Å². The summed E-state index contributed by atoms with van der Waals surface area (Å²) in [4.78, 5) is 0. The first-order chi connectivity index (χ1) is 8.58. The predicted molar refractivity (Wildman–Crippen MR) is 80.3 cm³/mol. The van der Waals surface area contributed by atoms with Crippen LogP contribution in [0.15, 0.2) is 36.4 Å². The van der Waals surface area contributed by atoms with Gasteiger partial charge in [0.15, 0.2) is 0 Å². The minimum absolute atomic E-state index is 0.527. The van der Waals surface area contributed by atoms with E-state index in [1.807, 2.05) is 12.1 Å². The number of anilines is 1. The van der Waals surface area contributed by atoms with Crippen molar-refractivity contribution in [3.05, 3.63) is 62.1 Å². The molecule has 2 aromatic carbocycles. The van der Waals surface area contributed by atoms with Crippen LogP contribution in [0.4, 0.5) is 5.69 Å². The lowest BCUT2D eigenvalue weighted by molar-refractivity contribution is 1.15. The van der Waals surface area contributed by atoms with Gasteiger partial charge >= 0.3 is 0 Å². The summed E-state index contributed by atoms with van der Waals surface area (Å²) in [6, 6.07) is 10.7. The van der Waals surface area contributed by atoms with Gasteiger partial charge in [-0.1, -0.05) is 58.5 Å². The maximum atomic E-state index is 6.10. The summed E-state index contributed by atoms with van der Waals surface area (Å²) in [5.74, 6) is 0. The zero-order valence-corrected chi connectivity index (χ0v) is 12.2. The highest BCUT2D eigenvalue weighted by molar-refractivity contribution is 6.42. The third-order valence-corrected chi connectivity index (χ3v) is 3.85. The Hall–Kier alpha value is -0.600. The highest BCUT2D eigenvalue weighted by Crippen LogP contribution is 2.29. The molecule has 18 heavy (non-hydrogen) atoms. The number of halogens is 4. The first kappa shape index (κ1) is 13.8. The van der Waals surface area contributed by atoms with E-state index in [9.17, 15) is 0 Å². The van der Waals surface area contributed by atoms with Gasteiger partial charge in [0.25, 0.3) is 0 Å². The van der Waals surface area contributed by atoms with E-state index in [0.29, 0.717) is 26.6 Å². The Bertz CT molecular complexity index is 567. The van der Waals surface area contributed by atoms with Gasteiger partial charge in [0.1, 0.15) is 0 Å². The fourth-order valence-electron chi connectivity index (χ4n) is 1.51. The average molecular weight is 321 g/mol. The van der Waals surface area contributed by atoms with Crippen LogP contribution in [-0.4, -0.2) is 0 Å². The van der Waals surface area contributed by atoms with Crippen molar-refractivity contribution in [3.8, 4) is 0 Å². The lowest BCUT2D eigenvalue weighted by Crippen LogP contribution is -2.00. The average Bonchev–Trinajstić information content (AvgIpc) is 2.35. The Morgan fingerprint density at radius 2 is 1.67 bits per heavy atom. The zero-order chi connectivity index (χ0) is 13.1. The van der Waals surface area contributed by atoms with Crippen molar-refractivity contribution in [2.24, 2.45) is 0 Å². The Morgan fingerprint density at radius 1 is 0.889 bits per heavy atom. The number of rotatable bonds is 3. The van der Waals surface area contributed by atoms with Crippen molar-refractivity contribution in [1.29, 1.82) is 0 Å². The van der Waals surface area contributed by atoms with E-state index in [1.165, 1.54) is 0 Å². The number of benzene rings is 2. The van der Waals surface area contributed by atoms with E-state index in [4.69, 9.17) is 46.4 Å². The molecule has 94 valence electrons. The minimum atomic E-state index is 0.527. The van der Waals surface area contributed by atoms with Crippen LogP contribution in [0.1, 0.15) is 5.56 Å². The van der Waals surface area contributed by atoms with Crippen LogP contribution < -0.4 is 5.32 Å². The maximum absolute atomic E-state index is 6.10. The fraction of sp³-hybridized carbons (Fsp3) is 0.0769. The summed E-state index contributed by atoms with van der Waals surface area (Å²) in [6.07, 6.45) is 0. The molecule has 0 unspecified atom stereocenters. The molecule has 0 atom stereocenters. The molecular formula is C13H9Cl4N. The smallest absolute Gasteiger partial charge is 0.0642 e. The van der Waals surface area contributed by atoms with Gasteiger partial charge in [0.2, 0.25) is 0 Å². The Labute approximate surface area is 126 Å². The molecule has 1 N–H and O–H groups in total. The van der Waals surface area contributed by atoms with Gasteiger partial charge in [0.05, 0.1) is 20.8 Å². The first-order valence-corrected chi connectivity index (χ1v) is 6.71. The summed E-state index contributed by atoms with van der Waals surface area (Å²) in [7, 11) is 0. The highest BCUT2D eigenvalue weighted by Gasteiger charge is 2.05. The van der Waals surface area contributed by atoms with E-state index < -0.39 is 0 Å². The van der Waals surface area contributed by atoms with Crippen LogP contribution in [0.2, 0.25) is 20.1 Å². The number of hydrogen-bond donors (Lipinski definition) is 1. The highest BCUT2D eigenvalue weighted by atomic mass is 35.5. The van der Waals surface area contributed by atoms with Crippen molar-refractivity contribution < 1.29 is 0 Å². The summed E-state index contributed by atoms with van der Waals surface area (Å²) in [5, 5.41) is 5.49. The first-order valence-electron chi connectivity index (χ1n) is 5.20. The Kier molecular flexibility index (Phi) is 4.63. The van der Waals surface area contributed by atoms with Crippen LogP contribution in [0.3, 0.4) is 0 Å². The molecule has 0 saturated carbocycles. The lowest BCUT2D eigenvalue weighted by Gasteiger charge is -2.10. The van der Waals surface area contributed by atoms with Crippen LogP contribution in [0.25, 0.3) is 0 Å². The van der Waals surface area contributed by atoms with Gasteiger partial charge in [0, 0.05) is 11.6 Å². The summed E-state index contributed by atoms with van der Waals surface area (Å²) >= 11 is 24.0. The summed E-state index contributed by atoms with van der Waals surface area (Å²) in [6.45, 7) is 0.527. The normalized spacial score (nSPS) is 10.4. The quantitative estimate of drug-likeness (QED) is 0.741.